The van der Waals surface area contributed by atoms with Gasteiger partial charge in [0.25, 0.3) is 0 Å². The molecule has 2 rings (SSSR count). The van der Waals surface area contributed by atoms with E-state index in [2.05, 4.69) is 5.32 Å². The Hall–Kier alpha value is -2.80. The average Bonchev–Trinajstić information content (AvgIpc) is 2.64. The Labute approximate surface area is 148 Å². The third-order valence-corrected chi connectivity index (χ3v) is 3.76. The van der Waals surface area contributed by atoms with Gasteiger partial charge in [-0.3, -0.25) is 4.79 Å². The van der Waals surface area contributed by atoms with Gasteiger partial charge in [-0.2, -0.15) is 13.2 Å². The molecule has 0 fully saturated rings. The maximum absolute atomic E-state index is 13.5. The molecule has 0 aromatic heterocycles. The van der Waals surface area contributed by atoms with Gasteiger partial charge in [-0.1, -0.05) is 42.5 Å². The van der Waals surface area contributed by atoms with Crippen molar-refractivity contribution >= 4 is 12.0 Å². The van der Waals surface area contributed by atoms with Crippen LogP contribution in [0.2, 0.25) is 0 Å². The smallest absolute Gasteiger partial charge is 0.423 e. The van der Waals surface area contributed by atoms with E-state index in [1.807, 2.05) is 0 Å². The predicted octanol–water partition coefficient (Wildman–Crippen LogP) is 3.27. The molecular formula is C19H18F3NO3. The summed E-state index contributed by atoms with van der Waals surface area (Å²) in [5, 5.41) is 12.4. The van der Waals surface area contributed by atoms with Crippen molar-refractivity contribution in [3.05, 3.63) is 71.8 Å². The summed E-state index contributed by atoms with van der Waals surface area (Å²) < 4.78 is 45.3. The van der Waals surface area contributed by atoms with E-state index in [0.717, 1.165) is 23.8 Å². The van der Waals surface area contributed by atoms with Crippen LogP contribution in [-0.4, -0.2) is 30.8 Å². The van der Waals surface area contributed by atoms with Gasteiger partial charge in [-0.05, 0) is 29.3 Å². The number of nitrogens with one attached hydrogen (secondary N) is 1. The number of ether oxygens (including phenoxy) is 1. The maximum Gasteiger partial charge on any atom is 0.423 e. The van der Waals surface area contributed by atoms with Gasteiger partial charge >= 0.3 is 6.18 Å². The Bertz CT molecular complexity index is 775. The van der Waals surface area contributed by atoms with Gasteiger partial charge in [0, 0.05) is 6.08 Å². The van der Waals surface area contributed by atoms with E-state index in [1.54, 1.807) is 30.3 Å². The molecule has 2 aromatic rings. The first-order valence-corrected chi connectivity index (χ1v) is 7.71. The summed E-state index contributed by atoms with van der Waals surface area (Å²) in [6, 6.07) is 13.8. The van der Waals surface area contributed by atoms with Gasteiger partial charge in [0.05, 0.1) is 13.7 Å². The zero-order valence-electron chi connectivity index (χ0n) is 14.0. The summed E-state index contributed by atoms with van der Waals surface area (Å²) in [6.45, 7) is -1.03. The zero-order valence-corrected chi connectivity index (χ0v) is 14.0. The third-order valence-electron chi connectivity index (χ3n) is 3.76. The molecule has 0 aliphatic heterocycles. The van der Waals surface area contributed by atoms with E-state index in [4.69, 9.17) is 4.74 Å². The van der Waals surface area contributed by atoms with Crippen LogP contribution in [0.4, 0.5) is 13.2 Å². The highest BCUT2D eigenvalue weighted by molar-refractivity contribution is 5.91. The molecule has 0 saturated heterocycles. The highest BCUT2D eigenvalue weighted by atomic mass is 19.4. The Morgan fingerprint density at radius 3 is 2.46 bits per heavy atom. The molecular weight excluding hydrogens is 347 g/mol. The van der Waals surface area contributed by atoms with Crippen molar-refractivity contribution in [3.8, 4) is 5.75 Å². The van der Waals surface area contributed by atoms with Crippen LogP contribution in [-0.2, 0) is 10.4 Å². The highest BCUT2D eigenvalue weighted by Gasteiger charge is 2.55. The summed E-state index contributed by atoms with van der Waals surface area (Å²) in [7, 11) is 1.31. The molecule has 2 aromatic carbocycles. The van der Waals surface area contributed by atoms with E-state index < -0.39 is 29.8 Å². The molecule has 0 saturated carbocycles. The fraction of sp³-hybridized carbons (Fsp3) is 0.211. The van der Waals surface area contributed by atoms with Crippen molar-refractivity contribution in [2.24, 2.45) is 0 Å². The summed E-state index contributed by atoms with van der Waals surface area (Å²) in [6.07, 6.45) is -2.42. The number of hydrogen-bond acceptors (Lipinski definition) is 3. The molecule has 138 valence electrons. The minimum Gasteiger partial charge on any atom is -0.497 e. The van der Waals surface area contributed by atoms with E-state index >= 15 is 0 Å². The molecule has 1 unspecified atom stereocenters. The van der Waals surface area contributed by atoms with Crippen molar-refractivity contribution in [2.45, 2.75) is 11.8 Å². The molecule has 0 spiro atoms. The van der Waals surface area contributed by atoms with Gasteiger partial charge in [0.1, 0.15) is 5.75 Å². The van der Waals surface area contributed by atoms with Gasteiger partial charge in [0.15, 0.2) is 0 Å². The fourth-order valence-electron chi connectivity index (χ4n) is 2.26. The summed E-state index contributed by atoms with van der Waals surface area (Å²) in [4.78, 5) is 11.8. The van der Waals surface area contributed by atoms with Crippen molar-refractivity contribution in [1.29, 1.82) is 0 Å². The van der Waals surface area contributed by atoms with Gasteiger partial charge in [-0.15, -0.1) is 0 Å². The quantitative estimate of drug-likeness (QED) is 0.773. The lowest BCUT2D eigenvalue weighted by molar-refractivity contribution is -0.264. The van der Waals surface area contributed by atoms with E-state index in [-0.39, 0.29) is 5.75 Å². The van der Waals surface area contributed by atoms with E-state index in [0.29, 0.717) is 0 Å². The summed E-state index contributed by atoms with van der Waals surface area (Å²) >= 11 is 0. The molecule has 0 aliphatic rings. The fourth-order valence-corrected chi connectivity index (χ4v) is 2.26. The molecule has 1 amide bonds. The van der Waals surface area contributed by atoms with Crippen molar-refractivity contribution < 1.29 is 27.8 Å². The molecule has 0 bridgehead atoms. The molecule has 26 heavy (non-hydrogen) atoms. The first-order valence-electron chi connectivity index (χ1n) is 7.71. The maximum atomic E-state index is 13.5. The first kappa shape index (κ1) is 19.5. The van der Waals surface area contributed by atoms with Crippen molar-refractivity contribution in [3.63, 3.8) is 0 Å². The number of methoxy groups -OCH3 is 1. The molecule has 0 radical (unpaired) electrons. The Balaban J connectivity index is 2.15. The van der Waals surface area contributed by atoms with Crippen LogP contribution in [0.1, 0.15) is 11.1 Å². The summed E-state index contributed by atoms with van der Waals surface area (Å²) in [5.41, 5.74) is -2.93. The number of benzene rings is 2. The topological polar surface area (TPSA) is 58.6 Å². The van der Waals surface area contributed by atoms with Crippen LogP contribution in [0, 0.1) is 0 Å². The van der Waals surface area contributed by atoms with E-state index in [1.165, 1.54) is 25.3 Å². The molecule has 2 N–H and O–H groups in total. The van der Waals surface area contributed by atoms with Gasteiger partial charge in [-0.25, -0.2) is 0 Å². The van der Waals surface area contributed by atoms with Crippen LogP contribution in [0.5, 0.6) is 5.75 Å². The number of rotatable bonds is 6. The lowest BCUT2D eigenvalue weighted by atomic mass is 9.92. The van der Waals surface area contributed by atoms with Gasteiger partial charge in [0.2, 0.25) is 11.5 Å². The normalized spacial score (nSPS) is 14.0. The number of aliphatic hydroxyl groups is 1. The van der Waals surface area contributed by atoms with Crippen LogP contribution < -0.4 is 10.1 Å². The predicted molar refractivity (Wildman–Crippen MR) is 91.4 cm³/mol. The minimum atomic E-state index is -4.99. The van der Waals surface area contributed by atoms with E-state index in [9.17, 15) is 23.1 Å². The number of halogens is 3. The Kier molecular flexibility index (Phi) is 6.05. The lowest BCUT2D eigenvalue weighted by Gasteiger charge is -2.31. The minimum absolute atomic E-state index is 0.167. The number of amides is 1. The standard InChI is InChI=1S/C19H18F3NO3/c1-26-16-9-5-8-15(12-16)18(25,19(20,21)22)13-23-17(24)11-10-14-6-3-2-4-7-14/h2-12,25H,13H2,1H3,(H,23,24)/b11-10+. The van der Waals surface area contributed by atoms with Crippen LogP contribution >= 0.6 is 0 Å². The monoisotopic (exact) mass is 365 g/mol. The molecule has 0 heterocycles. The Morgan fingerprint density at radius 1 is 1.15 bits per heavy atom. The van der Waals surface area contributed by atoms with Crippen molar-refractivity contribution in [1.82, 2.24) is 5.32 Å². The second kappa shape index (κ2) is 8.05. The lowest BCUT2D eigenvalue weighted by Crippen LogP contribution is -2.50. The number of carbonyl (C=O) groups is 1. The zero-order chi connectivity index (χ0) is 19.2. The first-order chi connectivity index (χ1) is 12.3. The molecule has 0 aliphatic carbocycles. The number of carbonyl (C=O) groups excluding carboxylic acids is 1. The second-order valence-electron chi connectivity index (χ2n) is 5.55. The molecule has 4 nitrogen and oxygen atoms in total. The Morgan fingerprint density at radius 2 is 1.85 bits per heavy atom. The highest BCUT2D eigenvalue weighted by Crippen LogP contribution is 2.39. The summed E-state index contributed by atoms with van der Waals surface area (Å²) in [5.74, 6) is -0.583. The van der Waals surface area contributed by atoms with Crippen molar-refractivity contribution in [2.75, 3.05) is 13.7 Å². The number of alkyl halides is 3. The van der Waals surface area contributed by atoms with Crippen LogP contribution in [0.15, 0.2) is 60.7 Å². The third kappa shape index (κ3) is 4.64. The SMILES string of the molecule is COc1cccc(C(O)(CNC(=O)/C=C/c2ccccc2)C(F)(F)F)c1. The van der Waals surface area contributed by atoms with Crippen LogP contribution in [0.25, 0.3) is 6.08 Å². The number of hydrogen-bond donors (Lipinski definition) is 2. The second-order valence-corrected chi connectivity index (χ2v) is 5.55. The average molecular weight is 365 g/mol. The molecule has 1 atom stereocenters. The van der Waals surface area contributed by atoms with Crippen LogP contribution in [0.3, 0.4) is 0 Å². The molecule has 7 heteroatoms. The largest absolute Gasteiger partial charge is 0.497 e. The van der Waals surface area contributed by atoms with Gasteiger partial charge < -0.3 is 15.2 Å².